The first kappa shape index (κ1) is 19.4. The van der Waals surface area contributed by atoms with E-state index in [9.17, 15) is 9.59 Å². The smallest absolute Gasteiger partial charge is 0.242 e. The van der Waals surface area contributed by atoms with Gasteiger partial charge in [-0.15, -0.1) is 0 Å². The molecular formula is C21H24ClN3O2. The van der Waals surface area contributed by atoms with Gasteiger partial charge in [0.2, 0.25) is 11.8 Å². The number of amides is 2. The summed E-state index contributed by atoms with van der Waals surface area (Å²) in [5, 5.41) is 0.671. The van der Waals surface area contributed by atoms with Crippen LogP contribution in [0.5, 0.6) is 0 Å². The second-order valence-corrected chi connectivity index (χ2v) is 7.36. The van der Waals surface area contributed by atoms with E-state index in [1.165, 1.54) is 0 Å². The van der Waals surface area contributed by atoms with E-state index < -0.39 is 0 Å². The van der Waals surface area contributed by atoms with Crippen LogP contribution in [0.4, 0.5) is 0 Å². The van der Waals surface area contributed by atoms with Gasteiger partial charge in [-0.1, -0.05) is 61.0 Å². The summed E-state index contributed by atoms with van der Waals surface area (Å²) >= 11 is 5.90. The van der Waals surface area contributed by atoms with E-state index in [1.807, 2.05) is 61.5 Å². The molecule has 5 nitrogen and oxygen atoms in total. The molecular weight excluding hydrogens is 362 g/mol. The summed E-state index contributed by atoms with van der Waals surface area (Å²) in [6.45, 7) is 3.48. The second kappa shape index (κ2) is 8.55. The Balaban J connectivity index is 1.59. The molecule has 2 aromatic carbocycles. The third kappa shape index (κ3) is 4.67. The van der Waals surface area contributed by atoms with Crippen LogP contribution in [0.1, 0.15) is 24.1 Å². The molecule has 0 saturated carbocycles. The first-order valence-corrected chi connectivity index (χ1v) is 9.45. The minimum absolute atomic E-state index is 0.0509. The number of rotatable bonds is 5. The SMILES string of the molecule is CC(C(=O)N1CCN(Cc2ccc(Cl)cc2)C(=O)C1)C(N)c1ccccc1. The monoisotopic (exact) mass is 385 g/mol. The number of piperazine rings is 1. The first-order chi connectivity index (χ1) is 13.0. The Morgan fingerprint density at radius 3 is 2.41 bits per heavy atom. The number of hydrogen-bond donors (Lipinski definition) is 1. The highest BCUT2D eigenvalue weighted by atomic mass is 35.5. The van der Waals surface area contributed by atoms with Gasteiger partial charge in [-0.25, -0.2) is 0 Å². The lowest BCUT2D eigenvalue weighted by Gasteiger charge is -2.36. The molecule has 2 N–H and O–H groups in total. The first-order valence-electron chi connectivity index (χ1n) is 9.07. The number of hydrogen-bond acceptors (Lipinski definition) is 3. The maximum absolute atomic E-state index is 12.8. The van der Waals surface area contributed by atoms with Gasteiger partial charge in [-0.2, -0.15) is 0 Å². The van der Waals surface area contributed by atoms with Crippen LogP contribution in [0.25, 0.3) is 0 Å². The molecule has 3 rings (SSSR count). The molecule has 1 aliphatic rings. The van der Waals surface area contributed by atoms with E-state index in [0.717, 1.165) is 11.1 Å². The highest BCUT2D eigenvalue weighted by Gasteiger charge is 2.32. The maximum Gasteiger partial charge on any atom is 0.242 e. The summed E-state index contributed by atoms with van der Waals surface area (Å²) in [6, 6.07) is 16.6. The molecule has 2 atom stereocenters. The average Bonchev–Trinajstić information content (AvgIpc) is 2.70. The van der Waals surface area contributed by atoms with E-state index in [1.54, 1.807) is 9.80 Å². The standard InChI is InChI=1S/C21H24ClN3O2/c1-15(20(23)17-5-3-2-4-6-17)21(27)25-12-11-24(19(26)14-25)13-16-7-9-18(22)10-8-16/h2-10,15,20H,11-14,23H2,1H3. The zero-order valence-corrected chi connectivity index (χ0v) is 16.1. The van der Waals surface area contributed by atoms with Crippen molar-refractivity contribution in [3.63, 3.8) is 0 Å². The van der Waals surface area contributed by atoms with Gasteiger partial charge in [-0.05, 0) is 23.3 Å². The lowest BCUT2D eigenvalue weighted by Crippen LogP contribution is -2.53. The predicted octanol–water partition coefficient (Wildman–Crippen LogP) is 2.85. The normalized spacial score (nSPS) is 16.9. The van der Waals surface area contributed by atoms with E-state index in [0.29, 0.717) is 24.7 Å². The zero-order valence-electron chi connectivity index (χ0n) is 15.3. The minimum Gasteiger partial charge on any atom is -0.335 e. The van der Waals surface area contributed by atoms with Crippen LogP contribution in [0.2, 0.25) is 5.02 Å². The van der Waals surface area contributed by atoms with E-state index in [4.69, 9.17) is 17.3 Å². The van der Waals surface area contributed by atoms with Gasteiger partial charge in [-0.3, -0.25) is 9.59 Å². The second-order valence-electron chi connectivity index (χ2n) is 6.93. The Kier molecular flexibility index (Phi) is 6.14. The fourth-order valence-corrected chi connectivity index (χ4v) is 3.41. The molecule has 6 heteroatoms. The summed E-state index contributed by atoms with van der Waals surface area (Å²) in [5.41, 5.74) is 8.21. The summed E-state index contributed by atoms with van der Waals surface area (Å²) in [6.07, 6.45) is 0. The molecule has 0 radical (unpaired) electrons. The summed E-state index contributed by atoms with van der Waals surface area (Å²) < 4.78 is 0. The molecule has 0 aliphatic carbocycles. The molecule has 1 aliphatic heterocycles. The van der Waals surface area contributed by atoms with Crippen LogP contribution in [0.15, 0.2) is 54.6 Å². The van der Waals surface area contributed by atoms with Crippen LogP contribution in [0.3, 0.4) is 0 Å². The van der Waals surface area contributed by atoms with Crippen molar-refractivity contribution in [3.05, 3.63) is 70.7 Å². The molecule has 1 fully saturated rings. The van der Waals surface area contributed by atoms with Crippen molar-refractivity contribution >= 4 is 23.4 Å². The van der Waals surface area contributed by atoms with Gasteiger partial charge >= 0.3 is 0 Å². The van der Waals surface area contributed by atoms with Crippen molar-refractivity contribution in [3.8, 4) is 0 Å². The largest absolute Gasteiger partial charge is 0.335 e. The molecule has 2 amide bonds. The summed E-state index contributed by atoms with van der Waals surface area (Å²) in [7, 11) is 0. The topological polar surface area (TPSA) is 66.6 Å². The highest BCUT2D eigenvalue weighted by Crippen LogP contribution is 2.22. The average molecular weight is 386 g/mol. The van der Waals surface area contributed by atoms with Crippen LogP contribution in [0, 0.1) is 5.92 Å². The number of carbonyl (C=O) groups is 2. The van der Waals surface area contributed by atoms with E-state index >= 15 is 0 Å². The summed E-state index contributed by atoms with van der Waals surface area (Å²) in [4.78, 5) is 28.7. The van der Waals surface area contributed by atoms with Gasteiger partial charge in [0.1, 0.15) is 0 Å². The van der Waals surface area contributed by atoms with Crippen molar-refractivity contribution in [2.24, 2.45) is 11.7 Å². The predicted molar refractivity (Wildman–Crippen MR) is 106 cm³/mol. The number of nitrogens with two attached hydrogens (primary N) is 1. The molecule has 0 bridgehead atoms. The number of benzene rings is 2. The van der Waals surface area contributed by atoms with Gasteiger partial charge in [0.25, 0.3) is 0 Å². The van der Waals surface area contributed by atoms with Crippen molar-refractivity contribution in [1.82, 2.24) is 9.80 Å². The van der Waals surface area contributed by atoms with Crippen LogP contribution >= 0.6 is 11.6 Å². The number of nitrogens with zero attached hydrogens (tertiary/aromatic N) is 2. The van der Waals surface area contributed by atoms with Gasteiger partial charge in [0, 0.05) is 30.7 Å². The van der Waals surface area contributed by atoms with Gasteiger partial charge in [0.05, 0.1) is 12.5 Å². The minimum atomic E-state index is -0.388. The Hall–Kier alpha value is -2.37. The molecule has 2 unspecified atom stereocenters. The van der Waals surface area contributed by atoms with E-state index in [2.05, 4.69) is 0 Å². The molecule has 1 heterocycles. The van der Waals surface area contributed by atoms with Crippen molar-refractivity contribution in [2.75, 3.05) is 19.6 Å². The van der Waals surface area contributed by atoms with Crippen molar-refractivity contribution in [2.45, 2.75) is 19.5 Å². The fraction of sp³-hybridized carbons (Fsp3) is 0.333. The maximum atomic E-state index is 12.8. The quantitative estimate of drug-likeness (QED) is 0.860. The Morgan fingerprint density at radius 1 is 1.11 bits per heavy atom. The third-order valence-corrected chi connectivity index (χ3v) is 5.28. The Bertz CT molecular complexity index is 795. The van der Waals surface area contributed by atoms with Gasteiger partial charge < -0.3 is 15.5 Å². The fourth-order valence-electron chi connectivity index (χ4n) is 3.28. The third-order valence-electron chi connectivity index (χ3n) is 5.03. The Morgan fingerprint density at radius 2 is 1.78 bits per heavy atom. The van der Waals surface area contributed by atoms with Crippen LogP contribution in [-0.4, -0.2) is 41.2 Å². The molecule has 2 aromatic rings. The molecule has 1 saturated heterocycles. The number of halogens is 1. The van der Waals surface area contributed by atoms with Crippen LogP contribution < -0.4 is 5.73 Å². The lowest BCUT2D eigenvalue weighted by atomic mass is 9.94. The molecule has 0 aromatic heterocycles. The molecule has 0 spiro atoms. The number of carbonyl (C=O) groups excluding carboxylic acids is 2. The Labute approximate surface area is 164 Å². The zero-order chi connectivity index (χ0) is 19.4. The summed E-state index contributed by atoms with van der Waals surface area (Å²) in [5.74, 6) is -0.515. The molecule has 27 heavy (non-hydrogen) atoms. The molecule has 142 valence electrons. The van der Waals surface area contributed by atoms with E-state index in [-0.39, 0.29) is 30.3 Å². The van der Waals surface area contributed by atoms with Crippen molar-refractivity contribution < 1.29 is 9.59 Å². The van der Waals surface area contributed by atoms with Crippen LogP contribution in [-0.2, 0) is 16.1 Å². The van der Waals surface area contributed by atoms with Crippen molar-refractivity contribution in [1.29, 1.82) is 0 Å². The lowest BCUT2D eigenvalue weighted by molar-refractivity contribution is -0.148. The highest BCUT2D eigenvalue weighted by molar-refractivity contribution is 6.30. The van der Waals surface area contributed by atoms with Gasteiger partial charge in [0.15, 0.2) is 0 Å².